The Morgan fingerprint density at radius 3 is 1.85 bits per heavy atom. The van der Waals surface area contributed by atoms with E-state index in [2.05, 4.69) is 5.32 Å². The van der Waals surface area contributed by atoms with E-state index in [9.17, 15) is 16.8 Å². The predicted octanol–water partition coefficient (Wildman–Crippen LogP) is 3.07. The Labute approximate surface area is 165 Å². The summed E-state index contributed by atoms with van der Waals surface area (Å²) in [5.41, 5.74) is 0.303. The lowest BCUT2D eigenvalue weighted by molar-refractivity contribution is 0.596. The van der Waals surface area contributed by atoms with E-state index in [-0.39, 0.29) is 16.3 Å². The van der Waals surface area contributed by atoms with Crippen LogP contribution in [0.15, 0.2) is 56.7 Å². The molecular weight excluding hydrogens is 445 g/mol. The third-order valence-corrected chi connectivity index (χ3v) is 6.02. The van der Waals surface area contributed by atoms with Gasteiger partial charge < -0.3 is 5.32 Å². The molecule has 0 amide bonds. The average Bonchev–Trinajstić information content (AvgIpc) is 2.52. The molecular formula is C14H12Cl3N3O4S2. The molecule has 0 heterocycles. The summed E-state index contributed by atoms with van der Waals surface area (Å²) in [5, 5.41) is 12.9. The van der Waals surface area contributed by atoms with Crippen LogP contribution in [0, 0.1) is 0 Å². The van der Waals surface area contributed by atoms with E-state index in [0.29, 0.717) is 5.69 Å². The molecule has 140 valence electrons. The summed E-state index contributed by atoms with van der Waals surface area (Å²) >= 11 is 17.3. The first kappa shape index (κ1) is 21.0. The van der Waals surface area contributed by atoms with Gasteiger partial charge in [0.25, 0.3) is 0 Å². The summed E-state index contributed by atoms with van der Waals surface area (Å²) in [6, 6.07) is 10.4. The lowest BCUT2D eigenvalue weighted by atomic mass is 10.2. The smallest absolute Gasteiger partial charge is 0.240 e. The lowest BCUT2D eigenvalue weighted by Crippen LogP contribution is -2.19. The minimum Gasteiger partial charge on any atom is -0.354 e. The van der Waals surface area contributed by atoms with Crippen LogP contribution in [0.3, 0.4) is 0 Å². The highest BCUT2D eigenvalue weighted by molar-refractivity contribution is 7.90. The van der Waals surface area contributed by atoms with Crippen molar-refractivity contribution in [2.75, 3.05) is 5.32 Å². The normalized spacial score (nSPS) is 11.9. The molecule has 0 spiro atoms. The molecule has 0 aliphatic carbocycles. The van der Waals surface area contributed by atoms with E-state index in [4.69, 9.17) is 45.1 Å². The van der Waals surface area contributed by atoms with Crippen molar-refractivity contribution < 1.29 is 16.8 Å². The number of rotatable bonds is 5. The molecule has 0 aliphatic rings. The SMILES string of the molecule is NS(=O)(=O)c1cc(S(N)(=O)=O)c(C(Cl)=C(Cl)Cl)cc1Nc1ccccc1. The fourth-order valence-electron chi connectivity index (χ4n) is 2.08. The Morgan fingerprint density at radius 2 is 1.38 bits per heavy atom. The molecule has 12 heteroatoms. The van der Waals surface area contributed by atoms with Crippen LogP contribution >= 0.6 is 34.8 Å². The first-order valence-electron chi connectivity index (χ1n) is 6.68. The number of anilines is 2. The van der Waals surface area contributed by atoms with E-state index < -0.39 is 34.3 Å². The molecule has 0 atom stereocenters. The molecule has 0 aromatic heterocycles. The van der Waals surface area contributed by atoms with E-state index in [0.717, 1.165) is 12.1 Å². The van der Waals surface area contributed by atoms with Gasteiger partial charge in [-0.3, -0.25) is 0 Å². The summed E-state index contributed by atoms with van der Waals surface area (Å²) in [6.45, 7) is 0. The third-order valence-electron chi connectivity index (χ3n) is 3.15. The Bertz CT molecular complexity index is 1080. The van der Waals surface area contributed by atoms with E-state index >= 15 is 0 Å². The van der Waals surface area contributed by atoms with E-state index in [1.807, 2.05) is 0 Å². The molecule has 0 saturated carbocycles. The molecule has 26 heavy (non-hydrogen) atoms. The Balaban J connectivity index is 2.86. The van der Waals surface area contributed by atoms with Crippen LogP contribution < -0.4 is 15.6 Å². The van der Waals surface area contributed by atoms with Crippen molar-refractivity contribution in [3.05, 3.63) is 52.5 Å². The van der Waals surface area contributed by atoms with Crippen LogP contribution in [-0.4, -0.2) is 16.8 Å². The number of para-hydroxylation sites is 1. The van der Waals surface area contributed by atoms with E-state index in [1.165, 1.54) is 0 Å². The van der Waals surface area contributed by atoms with Gasteiger partial charge in [0, 0.05) is 11.3 Å². The minimum atomic E-state index is -4.37. The number of hydrogen-bond acceptors (Lipinski definition) is 5. The highest BCUT2D eigenvalue weighted by Gasteiger charge is 2.25. The molecule has 0 aliphatic heterocycles. The zero-order chi connectivity index (χ0) is 19.7. The zero-order valence-corrected chi connectivity index (χ0v) is 16.7. The molecule has 5 N–H and O–H groups in total. The summed E-state index contributed by atoms with van der Waals surface area (Å²) in [6.07, 6.45) is 0. The van der Waals surface area contributed by atoms with Crippen molar-refractivity contribution in [1.82, 2.24) is 0 Å². The summed E-state index contributed by atoms with van der Waals surface area (Å²) < 4.78 is 47.2. The maximum absolute atomic E-state index is 11.9. The minimum absolute atomic E-state index is 0.0335. The van der Waals surface area contributed by atoms with Gasteiger partial charge in [0.05, 0.1) is 15.6 Å². The Kier molecular flexibility index (Phi) is 6.24. The fourth-order valence-corrected chi connectivity index (χ4v) is 4.02. The molecule has 2 aromatic carbocycles. The highest BCUT2D eigenvalue weighted by Crippen LogP contribution is 2.37. The lowest BCUT2D eigenvalue weighted by Gasteiger charge is -2.16. The van der Waals surface area contributed by atoms with Crippen molar-refractivity contribution in [1.29, 1.82) is 0 Å². The molecule has 2 rings (SSSR count). The number of sulfonamides is 2. The van der Waals surface area contributed by atoms with Gasteiger partial charge in [-0.05, 0) is 24.3 Å². The first-order chi connectivity index (χ1) is 11.9. The largest absolute Gasteiger partial charge is 0.354 e. The number of hydrogen-bond donors (Lipinski definition) is 3. The third kappa shape index (κ3) is 4.89. The number of nitrogens with one attached hydrogen (secondary N) is 1. The van der Waals surface area contributed by atoms with Gasteiger partial charge >= 0.3 is 0 Å². The number of nitrogens with two attached hydrogens (primary N) is 2. The second kappa shape index (κ2) is 7.73. The zero-order valence-electron chi connectivity index (χ0n) is 12.8. The quantitative estimate of drug-likeness (QED) is 0.636. The van der Waals surface area contributed by atoms with Crippen molar-refractivity contribution in [2.24, 2.45) is 10.3 Å². The topological polar surface area (TPSA) is 132 Å². The van der Waals surface area contributed by atoms with Gasteiger partial charge in [-0.15, -0.1) is 0 Å². The van der Waals surface area contributed by atoms with Gasteiger partial charge in [-0.1, -0.05) is 53.0 Å². The van der Waals surface area contributed by atoms with Crippen LogP contribution in [0.1, 0.15) is 5.56 Å². The number of benzene rings is 2. The van der Waals surface area contributed by atoms with Crippen molar-refractivity contribution >= 4 is 71.3 Å². The van der Waals surface area contributed by atoms with Crippen LogP contribution in [0.2, 0.25) is 0 Å². The maximum Gasteiger partial charge on any atom is 0.240 e. The standard InChI is InChI=1S/C14H12Cl3N3O4S2/c15-13(14(16)17)9-6-10(20-8-4-2-1-3-5-8)12(26(19,23)24)7-11(9)25(18,21)22/h1-7,20H,(H2,18,21,22)(H2,19,23,24). The number of halogens is 3. The molecule has 2 aromatic rings. The molecule has 0 fully saturated rings. The second-order valence-electron chi connectivity index (χ2n) is 5.00. The fraction of sp³-hybridized carbons (Fsp3) is 0. The second-order valence-corrected chi connectivity index (χ2v) is 9.39. The van der Waals surface area contributed by atoms with Gasteiger partial charge in [-0.25, -0.2) is 27.1 Å². The monoisotopic (exact) mass is 455 g/mol. The summed E-state index contributed by atoms with van der Waals surface area (Å²) in [5.74, 6) is 0. The Hall–Kier alpha value is -1.33. The Morgan fingerprint density at radius 1 is 0.846 bits per heavy atom. The van der Waals surface area contributed by atoms with Crippen LogP contribution in [0.4, 0.5) is 11.4 Å². The van der Waals surface area contributed by atoms with Crippen molar-refractivity contribution in [3.8, 4) is 0 Å². The van der Waals surface area contributed by atoms with Gasteiger partial charge in [0.15, 0.2) is 0 Å². The van der Waals surface area contributed by atoms with Crippen molar-refractivity contribution in [2.45, 2.75) is 9.79 Å². The van der Waals surface area contributed by atoms with Gasteiger partial charge in [0.2, 0.25) is 20.0 Å². The molecule has 7 nitrogen and oxygen atoms in total. The van der Waals surface area contributed by atoms with Crippen molar-refractivity contribution in [3.63, 3.8) is 0 Å². The highest BCUT2D eigenvalue weighted by atomic mass is 35.5. The molecule has 0 bridgehead atoms. The summed E-state index contributed by atoms with van der Waals surface area (Å²) in [4.78, 5) is -1.09. The summed E-state index contributed by atoms with van der Waals surface area (Å²) in [7, 11) is -8.67. The van der Waals surface area contributed by atoms with Crippen LogP contribution in [-0.2, 0) is 20.0 Å². The van der Waals surface area contributed by atoms with Gasteiger partial charge in [-0.2, -0.15) is 0 Å². The van der Waals surface area contributed by atoms with E-state index in [1.54, 1.807) is 30.3 Å². The van der Waals surface area contributed by atoms with Crippen LogP contribution in [0.25, 0.3) is 5.03 Å². The average molecular weight is 457 g/mol. The van der Waals surface area contributed by atoms with Gasteiger partial charge in [0.1, 0.15) is 9.39 Å². The number of primary sulfonamides is 2. The predicted molar refractivity (Wildman–Crippen MR) is 103 cm³/mol. The molecule has 0 radical (unpaired) electrons. The van der Waals surface area contributed by atoms with Crippen LogP contribution in [0.5, 0.6) is 0 Å². The molecule has 0 saturated heterocycles. The molecule has 0 unspecified atom stereocenters. The maximum atomic E-state index is 11.9. The first-order valence-corrected chi connectivity index (χ1v) is 10.9.